The van der Waals surface area contributed by atoms with Gasteiger partial charge in [0.05, 0.1) is 39.1 Å². The van der Waals surface area contributed by atoms with Crippen LogP contribution in [0, 0.1) is 51.0 Å². The highest BCUT2D eigenvalue weighted by Gasteiger charge is 2.44. The molecule has 0 fully saturated rings. The van der Waals surface area contributed by atoms with Gasteiger partial charge >= 0.3 is 0 Å². The third-order valence-electron chi connectivity index (χ3n) is 4.39. The maximum atomic E-state index is 12.3. The van der Waals surface area contributed by atoms with E-state index in [4.69, 9.17) is 0 Å². The Morgan fingerprint density at radius 1 is 1.43 bits per heavy atom. The fourth-order valence-electron chi connectivity index (χ4n) is 2.72. The SMILES string of the molecule is Cc1ccc([N+](=O)[O-])cc1NC(=O)CSC1=C(C#N)C(C)(C)[C@@H](C#N)C(=O)N1. The van der Waals surface area contributed by atoms with Crippen molar-refractivity contribution in [3.63, 3.8) is 0 Å². The van der Waals surface area contributed by atoms with Crippen molar-refractivity contribution in [1.29, 1.82) is 10.5 Å². The van der Waals surface area contributed by atoms with Crippen molar-refractivity contribution >= 4 is 35.0 Å². The molecule has 144 valence electrons. The van der Waals surface area contributed by atoms with Crippen LogP contribution in [0.4, 0.5) is 11.4 Å². The first-order valence-corrected chi connectivity index (χ1v) is 9.13. The molecule has 1 atom stereocenters. The summed E-state index contributed by atoms with van der Waals surface area (Å²) in [5.74, 6) is -2.11. The van der Waals surface area contributed by atoms with Crippen molar-refractivity contribution in [2.45, 2.75) is 20.8 Å². The summed E-state index contributed by atoms with van der Waals surface area (Å²) in [6.45, 7) is 4.96. The Kier molecular flexibility index (Phi) is 6.06. The van der Waals surface area contributed by atoms with Crippen LogP contribution in [0.2, 0.25) is 0 Å². The third kappa shape index (κ3) is 4.13. The van der Waals surface area contributed by atoms with E-state index in [1.165, 1.54) is 18.2 Å². The minimum atomic E-state index is -1.01. The molecule has 1 aliphatic heterocycles. The number of hydrogen-bond acceptors (Lipinski definition) is 7. The fourth-order valence-corrected chi connectivity index (χ4v) is 3.69. The number of allylic oxidation sites excluding steroid dienone is 1. The monoisotopic (exact) mass is 399 g/mol. The number of carbonyl (C=O) groups excluding carboxylic acids is 2. The summed E-state index contributed by atoms with van der Waals surface area (Å²) in [7, 11) is 0. The zero-order chi connectivity index (χ0) is 21.1. The first-order chi connectivity index (χ1) is 13.1. The van der Waals surface area contributed by atoms with Crippen molar-refractivity contribution in [1.82, 2.24) is 5.32 Å². The second kappa shape index (κ2) is 8.11. The van der Waals surface area contributed by atoms with E-state index >= 15 is 0 Å². The molecule has 2 rings (SSSR count). The molecule has 2 N–H and O–H groups in total. The van der Waals surface area contributed by atoms with Crippen molar-refractivity contribution in [3.05, 3.63) is 44.5 Å². The number of benzene rings is 1. The summed E-state index contributed by atoms with van der Waals surface area (Å²) in [4.78, 5) is 34.7. The van der Waals surface area contributed by atoms with Gasteiger partial charge in [-0.05, 0) is 12.5 Å². The second-order valence-electron chi connectivity index (χ2n) is 6.68. The van der Waals surface area contributed by atoms with Crippen LogP contribution >= 0.6 is 11.8 Å². The number of anilines is 1. The van der Waals surface area contributed by atoms with Crippen LogP contribution in [0.3, 0.4) is 0 Å². The second-order valence-corrected chi connectivity index (χ2v) is 7.67. The smallest absolute Gasteiger partial charge is 0.271 e. The van der Waals surface area contributed by atoms with E-state index in [0.717, 1.165) is 11.8 Å². The molecule has 0 saturated carbocycles. The first kappa shape index (κ1) is 20.9. The number of nitriles is 2. The van der Waals surface area contributed by atoms with Crippen molar-refractivity contribution in [2.75, 3.05) is 11.1 Å². The van der Waals surface area contributed by atoms with E-state index in [-0.39, 0.29) is 22.0 Å². The molecule has 0 bridgehead atoms. The molecular formula is C18H17N5O4S. The predicted octanol–water partition coefficient (Wildman–Crippen LogP) is 2.61. The van der Waals surface area contributed by atoms with Crippen LogP contribution in [0.15, 0.2) is 28.8 Å². The largest absolute Gasteiger partial charge is 0.325 e. The Morgan fingerprint density at radius 2 is 2.11 bits per heavy atom. The molecule has 2 amide bonds. The molecule has 0 saturated heterocycles. The zero-order valence-electron chi connectivity index (χ0n) is 15.4. The molecule has 0 unspecified atom stereocenters. The molecule has 0 aromatic heterocycles. The van der Waals surface area contributed by atoms with Gasteiger partial charge in [-0.25, -0.2) is 0 Å². The fraction of sp³-hybridized carbons (Fsp3) is 0.333. The predicted molar refractivity (Wildman–Crippen MR) is 103 cm³/mol. The van der Waals surface area contributed by atoms with Gasteiger partial charge in [0, 0.05) is 17.5 Å². The number of nitrogens with zero attached hydrogens (tertiary/aromatic N) is 3. The number of non-ortho nitro benzene ring substituents is 1. The Bertz CT molecular complexity index is 971. The molecule has 28 heavy (non-hydrogen) atoms. The average molecular weight is 399 g/mol. The lowest BCUT2D eigenvalue weighted by atomic mass is 9.72. The van der Waals surface area contributed by atoms with Gasteiger partial charge in [-0.2, -0.15) is 10.5 Å². The van der Waals surface area contributed by atoms with E-state index in [1.54, 1.807) is 20.8 Å². The quantitative estimate of drug-likeness (QED) is 0.571. The number of hydrogen-bond donors (Lipinski definition) is 2. The summed E-state index contributed by atoms with van der Waals surface area (Å²) < 4.78 is 0. The average Bonchev–Trinajstić information content (AvgIpc) is 2.61. The molecule has 9 nitrogen and oxygen atoms in total. The summed E-state index contributed by atoms with van der Waals surface area (Å²) in [5.41, 5.74) is 0.0629. The lowest BCUT2D eigenvalue weighted by molar-refractivity contribution is -0.384. The number of aryl methyl sites for hydroxylation is 1. The number of thioether (sulfide) groups is 1. The molecule has 1 aromatic rings. The Morgan fingerprint density at radius 3 is 2.68 bits per heavy atom. The van der Waals surface area contributed by atoms with E-state index in [1.807, 2.05) is 12.1 Å². The molecule has 1 heterocycles. The molecule has 0 radical (unpaired) electrons. The lowest BCUT2D eigenvalue weighted by Gasteiger charge is -2.34. The van der Waals surface area contributed by atoms with Gasteiger partial charge in [0.15, 0.2) is 0 Å². The number of rotatable bonds is 5. The molecule has 10 heteroatoms. The van der Waals surface area contributed by atoms with Gasteiger partial charge in [-0.3, -0.25) is 19.7 Å². The van der Waals surface area contributed by atoms with Crippen LogP contribution in [0.25, 0.3) is 0 Å². The van der Waals surface area contributed by atoms with Gasteiger partial charge in [-0.15, -0.1) is 0 Å². The number of amides is 2. The summed E-state index contributed by atoms with van der Waals surface area (Å²) in [6.07, 6.45) is 0. The molecule has 1 aromatic carbocycles. The Balaban J connectivity index is 2.16. The minimum Gasteiger partial charge on any atom is -0.325 e. The van der Waals surface area contributed by atoms with Crippen LogP contribution < -0.4 is 10.6 Å². The molecule has 0 spiro atoms. The number of nitrogens with one attached hydrogen (secondary N) is 2. The van der Waals surface area contributed by atoms with Crippen LogP contribution in [0.1, 0.15) is 19.4 Å². The van der Waals surface area contributed by atoms with Gasteiger partial charge in [0.2, 0.25) is 11.8 Å². The van der Waals surface area contributed by atoms with Crippen LogP contribution in [0.5, 0.6) is 0 Å². The Labute approximate surface area is 165 Å². The Hall–Kier alpha value is -3.37. The maximum Gasteiger partial charge on any atom is 0.271 e. The number of nitro benzene ring substituents is 1. The van der Waals surface area contributed by atoms with Crippen LogP contribution in [-0.4, -0.2) is 22.5 Å². The van der Waals surface area contributed by atoms with Crippen molar-refractivity contribution in [3.8, 4) is 12.1 Å². The van der Waals surface area contributed by atoms with E-state index in [9.17, 15) is 30.2 Å². The van der Waals surface area contributed by atoms with E-state index in [2.05, 4.69) is 10.6 Å². The van der Waals surface area contributed by atoms with Gasteiger partial charge in [-0.1, -0.05) is 31.7 Å². The lowest BCUT2D eigenvalue weighted by Crippen LogP contribution is -2.44. The normalized spacial score (nSPS) is 17.9. The summed E-state index contributed by atoms with van der Waals surface area (Å²) in [5, 5.41) is 34.9. The third-order valence-corrected chi connectivity index (χ3v) is 5.39. The molecular weight excluding hydrogens is 382 g/mol. The standard InChI is InChI=1S/C18H17N5O4S/c1-10-4-5-11(23(26)27)6-14(10)21-15(24)9-28-17-13(8-20)18(2,3)12(7-19)16(25)22-17/h4-6,12H,9H2,1-3H3,(H,21,24)(H,22,25)/t12-/m0/s1. The maximum absolute atomic E-state index is 12.3. The zero-order valence-corrected chi connectivity index (χ0v) is 16.2. The first-order valence-electron chi connectivity index (χ1n) is 8.14. The number of nitro groups is 1. The molecule has 0 aliphatic carbocycles. The highest BCUT2D eigenvalue weighted by molar-refractivity contribution is 8.03. The minimum absolute atomic E-state index is 0.129. The van der Waals surface area contributed by atoms with Gasteiger partial charge in [0.1, 0.15) is 5.92 Å². The van der Waals surface area contributed by atoms with Crippen molar-refractivity contribution < 1.29 is 14.5 Å². The molecule has 1 aliphatic rings. The highest BCUT2D eigenvalue weighted by atomic mass is 32.2. The summed E-state index contributed by atoms with van der Waals surface area (Å²) in [6, 6.07) is 8.06. The van der Waals surface area contributed by atoms with Gasteiger partial charge < -0.3 is 10.6 Å². The topological polar surface area (TPSA) is 149 Å². The highest BCUT2D eigenvalue weighted by Crippen LogP contribution is 2.41. The number of carbonyl (C=O) groups is 2. The van der Waals surface area contributed by atoms with E-state index < -0.39 is 28.1 Å². The van der Waals surface area contributed by atoms with Crippen LogP contribution in [-0.2, 0) is 9.59 Å². The van der Waals surface area contributed by atoms with Crippen molar-refractivity contribution in [2.24, 2.45) is 11.3 Å². The van der Waals surface area contributed by atoms with Gasteiger partial charge in [0.25, 0.3) is 5.69 Å². The summed E-state index contributed by atoms with van der Waals surface area (Å²) >= 11 is 0.962. The van der Waals surface area contributed by atoms with E-state index in [0.29, 0.717) is 11.3 Å².